The monoisotopic (exact) mass is 180 g/mol. The van der Waals surface area contributed by atoms with Gasteiger partial charge in [-0.15, -0.1) is 6.58 Å². The van der Waals surface area contributed by atoms with Gasteiger partial charge in [0, 0.05) is 5.02 Å². The summed E-state index contributed by atoms with van der Waals surface area (Å²) in [6.45, 7) is 3.57. The fourth-order valence-electron chi connectivity index (χ4n) is 0.955. The molecular weight excluding hydrogens is 172 g/mol. The normalized spacial score (nSPS) is 12.1. The van der Waals surface area contributed by atoms with Gasteiger partial charge in [-0.2, -0.15) is 0 Å². The van der Waals surface area contributed by atoms with E-state index < -0.39 is 0 Å². The van der Waals surface area contributed by atoms with Crippen molar-refractivity contribution < 1.29 is 4.79 Å². The molecule has 0 saturated carbocycles. The van der Waals surface area contributed by atoms with Crippen LogP contribution in [0.2, 0.25) is 5.02 Å². The molecule has 0 aliphatic heterocycles. The number of hydrogen-bond donors (Lipinski definition) is 0. The Hall–Kier alpha value is -1.08. The Labute approximate surface area is 76.7 Å². The van der Waals surface area contributed by atoms with Crippen LogP contribution >= 0.6 is 11.6 Å². The van der Waals surface area contributed by atoms with E-state index in [0.29, 0.717) is 5.02 Å². The summed E-state index contributed by atoms with van der Waals surface area (Å²) >= 11 is 5.69. The van der Waals surface area contributed by atoms with Gasteiger partial charge in [0.1, 0.15) is 6.29 Å². The van der Waals surface area contributed by atoms with Crippen molar-refractivity contribution in [2.24, 2.45) is 0 Å². The molecule has 1 aromatic carbocycles. The summed E-state index contributed by atoms with van der Waals surface area (Å²) in [7, 11) is 0. The van der Waals surface area contributed by atoms with Crippen LogP contribution in [0.4, 0.5) is 0 Å². The molecule has 0 aliphatic rings. The topological polar surface area (TPSA) is 17.1 Å². The second-order valence-electron chi connectivity index (χ2n) is 2.45. The van der Waals surface area contributed by atoms with Crippen LogP contribution in [0.3, 0.4) is 0 Å². The number of carbonyl (C=O) groups is 1. The van der Waals surface area contributed by atoms with Crippen LogP contribution in [0.15, 0.2) is 36.9 Å². The van der Waals surface area contributed by atoms with E-state index in [9.17, 15) is 4.79 Å². The summed E-state index contributed by atoms with van der Waals surface area (Å²) in [6.07, 6.45) is 2.46. The largest absolute Gasteiger partial charge is 0.302 e. The Kier molecular flexibility index (Phi) is 3.06. The molecule has 0 aliphatic carbocycles. The van der Waals surface area contributed by atoms with Crippen LogP contribution < -0.4 is 0 Å². The predicted octanol–water partition coefficient (Wildman–Crippen LogP) is 2.81. The fraction of sp³-hybridized carbons (Fsp3) is 0.100. The average molecular weight is 181 g/mol. The van der Waals surface area contributed by atoms with Gasteiger partial charge in [0.2, 0.25) is 0 Å². The molecule has 1 aromatic rings. The van der Waals surface area contributed by atoms with E-state index in [2.05, 4.69) is 6.58 Å². The molecule has 0 radical (unpaired) electrons. The van der Waals surface area contributed by atoms with E-state index in [1.54, 1.807) is 18.2 Å². The standard InChI is InChI=1S/C10H9ClO/c1-2-8(7-12)9-3-5-10(11)6-4-9/h2-8H,1H2. The first-order chi connectivity index (χ1) is 5.77. The lowest BCUT2D eigenvalue weighted by Crippen LogP contribution is -1.94. The molecule has 2 heteroatoms. The molecule has 12 heavy (non-hydrogen) atoms. The van der Waals surface area contributed by atoms with Crippen molar-refractivity contribution in [1.29, 1.82) is 0 Å². The first-order valence-corrected chi connectivity index (χ1v) is 3.99. The molecule has 0 bridgehead atoms. The number of benzene rings is 1. The maximum Gasteiger partial charge on any atom is 0.131 e. The van der Waals surface area contributed by atoms with Crippen molar-refractivity contribution in [3.63, 3.8) is 0 Å². The quantitative estimate of drug-likeness (QED) is 0.517. The number of halogens is 1. The first kappa shape index (κ1) is 9.01. The number of rotatable bonds is 3. The van der Waals surface area contributed by atoms with Gasteiger partial charge in [0.05, 0.1) is 5.92 Å². The molecule has 0 amide bonds. The second-order valence-corrected chi connectivity index (χ2v) is 2.89. The number of allylic oxidation sites excluding steroid dienone is 1. The molecular formula is C10H9ClO. The van der Waals surface area contributed by atoms with Crippen molar-refractivity contribution in [3.05, 3.63) is 47.5 Å². The van der Waals surface area contributed by atoms with Crippen LogP contribution in [0.5, 0.6) is 0 Å². The van der Waals surface area contributed by atoms with Crippen LogP contribution in [-0.4, -0.2) is 6.29 Å². The Balaban J connectivity index is 2.94. The summed E-state index contributed by atoms with van der Waals surface area (Å²) in [5.74, 6) is -0.220. The molecule has 0 heterocycles. The highest BCUT2D eigenvalue weighted by atomic mass is 35.5. The highest BCUT2D eigenvalue weighted by Gasteiger charge is 2.03. The van der Waals surface area contributed by atoms with Gasteiger partial charge < -0.3 is 4.79 Å². The van der Waals surface area contributed by atoms with Crippen molar-refractivity contribution in [2.45, 2.75) is 5.92 Å². The maximum atomic E-state index is 10.5. The zero-order valence-corrected chi connectivity index (χ0v) is 7.29. The molecule has 62 valence electrons. The number of hydrogen-bond acceptors (Lipinski definition) is 1. The summed E-state index contributed by atoms with van der Waals surface area (Å²) in [4.78, 5) is 10.5. The van der Waals surface area contributed by atoms with E-state index in [0.717, 1.165) is 11.8 Å². The number of carbonyl (C=O) groups excluding carboxylic acids is 1. The third-order valence-corrected chi connectivity index (χ3v) is 1.91. The minimum Gasteiger partial charge on any atom is -0.302 e. The average Bonchev–Trinajstić information content (AvgIpc) is 2.10. The first-order valence-electron chi connectivity index (χ1n) is 3.61. The minimum absolute atomic E-state index is 0.220. The Morgan fingerprint density at radius 2 is 1.92 bits per heavy atom. The Bertz CT molecular complexity index is 268. The van der Waals surface area contributed by atoms with E-state index in [-0.39, 0.29) is 5.92 Å². The Morgan fingerprint density at radius 3 is 2.33 bits per heavy atom. The number of aldehydes is 1. The van der Waals surface area contributed by atoms with Crippen LogP contribution in [0.1, 0.15) is 11.5 Å². The SMILES string of the molecule is C=CC(C=O)c1ccc(Cl)cc1. The lowest BCUT2D eigenvalue weighted by Gasteiger charge is -2.03. The third kappa shape index (κ3) is 1.95. The minimum atomic E-state index is -0.220. The lowest BCUT2D eigenvalue weighted by molar-refractivity contribution is -0.108. The van der Waals surface area contributed by atoms with E-state index >= 15 is 0 Å². The van der Waals surface area contributed by atoms with Crippen LogP contribution in [0.25, 0.3) is 0 Å². The Morgan fingerprint density at radius 1 is 1.33 bits per heavy atom. The van der Waals surface area contributed by atoms with Crippen molar-refractivity contribution in [1.82, 2.24) is 0 Å². The molecule has 1 atom stereocenters. The molecule has 0 aromatic heterocycles. The molecule has 1 rings (SSSR count). The van der Waals surface area contributed by atoms with E-state index in [1.165, 1.54) is 0 Å². The molecule has 0 saturated heterocycles. The zero-order valence-electron chi connectivity index (χ0n) is 6.53. The van der Waals surface area contributed by atoms with Gasteiger partial charge >= 0.3 is 0 Å². The van der Waals surface area contributed by atoms with Crippen LogP contribution in [-0.2, 0) is 4.79 Å². The molecule has 0 spiro atoms. The van der Waals surface area contributed by atoms with Gasteiger partial charge in [-0.3, -0.25) is 0 Å². The molecule has 0 fully saturated rings. The fourth-order valence-corrected chi connectivity index (χ4v) is 1.08. The predicted molar refractivity (Wildman–Crippen MR) is 50.5 cm³/mol. The van der Waals surface area contributed by atoms with Crippen molar-refractivity contribution >= 4 is 17.9 Å². The lowest BCUT2D eigenvalue weighted by atomic mass is 10.0. The van der Waals surface area contributed by atoms with E-state index in [1.807, 2.05) is 12.1 Å². The summed E-state index contributed by atoms with van der Waals surface area (Å²) in [5, 5.41) is 0.674. The maximum absolute atomic E-state index is 10.5. The van der Waals surface area contributed by atoms with Gasteiger partial charge in [-0.05, 0) is 17.7 Å². The summed E-state index contributed by atoms with van der Waals surface area (Å²) in [6, 6.07) is 7.17. The van der Waals surface area contributed by atoms with E-state index in [4.69, 9.17) is 11.6 Å². The van der Waals surface area contributed by atoms with Gasteiger partial charge in [-0.1, -0.05) is 29.8 Å². The second kappa shape index (κ2) is 4.07. The highest BCUT2D eigenvalue weighted by molar-refractivity contribution is 6.30. The van der Waals surface area contributed by atoms with Gasteiger partial charge in [0.25, 0.3) is 0 Å². The molecule has 0 N–H and O–H groups in total. The molecule has 1 nitrogen and oxygen atoms in total. The summed E-state index contributed by atoms with van der Waals surface area (Å²) in [5.41, 5.74) is 0.921. The summed E-state index contributed by atoms with van der Waals surface area (Å²) < 4.78 is 0. The van der Waals surface area contributed by atoms with Gasteiger partial charge in [0.15, 0.2) is 0 Å². The van der Waals surface area contributed by atoms with Crippen LogP contribution in [0, 0.1) is 0 Å². The molecule has 1 unspecified atom stereocenters. The van der Waals surface area contributed by atoms with Gasteiger partial charge in [-0.25, -0.2) is 0 Å². The van der Waals surface area contributed by atoms with Crippen molar-refractivity contribution in [2.75, 3.05) is 0 Å². The smallest absolute Gasteiger partial charge is 0.131 e. The zero-order chi connectivity index (χ0) is 8.97. The highest BCUT2D eigenvalue weighted by Crippen LogP contribution is 2.17. The van der Waals surface area contributed by atoms with Crippen molar-refractivity contribution in [3.8, 4) is 0 Å². The third-order valence-electron chi connectivity index (χ3n) is 1.66.